The number of carboxylic acid groups (broad SMARTS) is 1. The van der Waals surface area contributed by atoms with Crippen molar-refractivity contribution in [2.45, 2.75) is 155 Å². The van der Waals surface area contributed by atoms with Gasteiger partial charge in [0.2, 0.25) is 5.91 Å². The molecule has 364 valence electrons. The molecule has 22 nitrogen and oxygen atoms in total. The maximum absolute atomic E-state index is 14.3. The fraction of sp³-hybridized carbons (Fsp3) is 0.636. The zero-order valence-electron chi connectivity index (χ0n) is 38.2. The molecule has 0 spiro atoms. The zero-order valence-corrected chi connectivity index (χ0v) is 38.2. The second-order valence-corrected chi connectivity index (χ2v) is 16.3. The van der Waals surface area contributed by atoms with Gasteiger partial charge in [0.05, 0.1) is 47.4 Å². The third kappa shape index (κ3) is 13.9. The first kappa shape index (κ1) is 52.5. The second kappa shape index (κ2) is 24.4. The van der Waals surface area contributed by atoms with Crippen LogP contribution in [-0.4, -0.2) is 131 Å². The number of carboxylic acids is 1. The summed E-state index contributed by atoms with van der Waals surface area (Å²) in [6.45, 7) is 5.52. The van der Waals surface area contributed by atoms with Crippen LogP contribution in [0.25, 0.3) is 6.08 Å². The Labute approximate surface area is 382 Å². The lowest BCUT2D eigenvalue weighted by Crippen LogP contribution is -2.69. The molecule has 0 bridgehead atoms. The first-order valence-corrected chi connectivity index (χ1v) is 22.1. The highest BCUT2D eigenvalue weighted by molar-refractivity contribution is 6.12. The molecule has 7 atom stereocenters. The van der Waals surface area contributed by atoms with Gasteiger partial charge < -0.3 is 49.1 Å². The summed E-state index contributed by atoms with van der Waals surface area (Å²) in [6.07, 6.45) is 3.19. The van der Waals surface area contributed by atoms with Crippen LogP contribution in [0, 0.1) is 10.1 Å². The van der Waals surface area contributed by atoms with Crippen molar-refractivity contribution in [1.29, 1.82) is 0 Å². The van der Waals surface area contributed by atoms with E-state index in [4.69, 9.17) is 28.4 Å². The van der Waals surface area contributed by atoms with Crippen molar-refractivity contribution < 1.29 is 76.8 Å². The van der Waals surface area contributed by atoms with Gasteiger partial charge in [-0.3, -0.25) is 43.8 Å². The van der Waals surface area contributed by atoms with Gasteiger partial charge in [0.15, 0.2) is 12.2 Å². The van der Waals surface area contributed by atoms with Crippen LogP contribution in [0.1, 0.15) is 118 Å². The number of urea groups is 1. The SMILES string of the molecule is CCCCCCCCCCCCN1c2cccc([N+](=O)[O-])c2C=C2C(=O)N(CCO[C@@]3(C(=O)O)C[C@H](OC(C)=O)[C@@H](NC(C)=O)[C@@H](C(OC(C)=O)[C@@H](COC(C)=O)OC(C)=O)O3)C(=O)NC21. The van der Waals surface area contributed by atoms with E-state index in [1.807, 2.05) is 0 Å². The molecule has 66 heavy (non-hydrogen) atoms. The summed E-state index contributed by atoms with van der Waals surface area (Å²) in [5.74, 6) is -9.99. The van der Waals surface area contributed by atoms with E-state index in [1.54, 1.807) is 11.0 Å². The molecule has 0 aromatic heterocycles. The number of nitro groups is 1. The molecule has 22 heteroatoms. The summed E-state index contributed by atoms with van der Waals surface area (Å²) in [4.78, 5) is 117. The highest BCUT2D eigenvalue weighted by atomic mass is 16.7. The smallest absolute Gasteiger partial charge is 0.364 e. The number of esters is 4. The Hall–Kier alpha value is -6.16. The normalized spacial score (nSPS) is 22.1. The van der Waals surface area contributed by atoms with Crippen LogP contribution in [0.4, 0.5) is 16.2 Å². The Morgan fingerprint density at radius 1 is 0.909 bits per heavy atom. The maximum Gasteiger partial charge on any atom is 0.364 e. The quantitative estimate of drug-likeness (QED) is 0.0410. The number of nitro benzene ring substituents is 1. The predicted octanol–water partition coefficient (Wildman–Crippen LogP) is 4.05. The number of carbonyl (C=O) groups excluding carboxylic acids is 7. The number of imide groups is 1. The number of hydrogen-bond donors (Lipinski definition) is 3. The highest BCUT2D eigenvalue weighted by Gasteiger charge is 2.59. The number of ether oxygens (including phenoxy) is 6. The molecular weight excluding hydrogens is 871 g/mol. The molecular formula is C44H61N5O17. The van der Waals surface area contributed by atoms with Crippen LogP contribution in [0.15, 0.2) is 23.8 Å². The van der Waals surface area contributed by atoms with E-state index in [-0.39, 0.29) is 16.8 Å². The molecule has 4 amide bonds. The van der Waals surface area contributed by atoms with E-state index in [2.05, 4.69) is 17.6 Å². The average molecular weight is 932 g/mol. The predicted molar refractivity (Wildman–Crippen MR) is 231 cm³/mol. The standard InChI is InChI=1S/C44H61N5O17/c1-7-8-9-10-11-12-13-14-15-16-20-47-33-18-17-19-34(49(59)60)31(33)23-32-40(47)46-43(58)48(41(32)55)21-22-62-44(42(56)57)24-35(63-28(4)52)37(45-26(2)50)39(66-44)38(65-30(6)54)36(64-29(5)53)25-61-27(3)51/h17-19,23,35-40H,7-16,20-22,24-25H2,1-6H3,(H,45,50)(H,46,58)(H,56,57)/t35-,36+,37+,38?,39-,40?,44-/m0/s1. The number of fused-ring (bicyclic) bond motifs is 2. The Bertz CT molecular complexity index is 2010. The van der Waals surface area contributed by atoms with E-state index in [1.165, 1.54) is 50.3 Å². The summed E-state index contributed by atoms with van der Waals surface area (Å²) in [7, 11) is 0. The average Bonchev–Trinajstić information content (AvgIpc) is 3.23. The molecule has 3 aliphatic rings. The van der Waals surface area contributed by atoms with Gasteiger partial charge in [0.25, 0.3) is 17.4 Å². The number of benzene rings is 1. The number of aliphatic carboxylic acids is 1. The molecule has 3 N–H and O–H groups in total. The maximum atomic E-state index is 14.3. The molecule has 3 heterocycles. The molecule has 1 aromatic rings. The Morgan fingerprint density at radius 3 is 2.11 bits per heavy atom. The Kier molecular flexibility index (Phi) is 19.4. The minimum Gasteiger partial charge on any atom is -0.477 e. The largest absolute Gasteiger partial charge is 0.477 e. The fourth-order valence-electron chi connectivity index (χ4n) is 8.34. The van der Waals surface area contributed by atoms with Crippen molar-refractivity contribution in [2.75, 3.05) is 31.2 Å². The van der Waals surface area contributed by atoms with Crippen molar-refractivity contribution in [3.05, 3.63) is 39.4 Å². The fourth-order valence-corrected chi connectivity index (χ4v) is 8.34. The number of nitrogens with zero attached hydrogens (tertiary/aromatic N) is 3. The lowest BCUT2D eigenvalue weighted by Gasteiger charge is -2.48. The number of carbonyl (C=O) groups is 8. The van der Waals surface area contributed by atoms with Crippen LogP contribution in [0.2, 0.25) is 0 Å². The summed E-state index contributed by atoms with van der Waals surface area (Å²) in [5.41, 5.74) is 0.379. The van der Waals surface area contributed by atoms with Crippen LogP contribution in [0.3, 0.4) is 0 Å². The summed E-state index contributed by atoms with van der Waals surface area (Å²) in [6, 6.07) is 2.13. The molecule has 4 rings (SSSR count). The van der Waals surface area contributed by atoms with E-state index in [0.717, 1.165) is 65.2 Å². The van der Waals surface area contributed by atoms with Crippen LogP contribution < -0.4 is 15.5 Å². The third-order valence-corrected chi connectivity index (χ3v) is 11.2. The lowest BCUT2D eigenvalue weighted by molar-refractivity contribution is -0.385. The number of nitrogens with one attached hydrogen (secondary N) is 2. The number of anilines is 1. The van der Waals surface area contributed by atoms with E-state index in [0.29, 0.717) is 18.7 Å². The summed E-state index contributed by atoms with van der Waals surface area (Å²) >= 11 is 0. The third-order valence-electron chi connectivity index (χ3n) is 11.2. The van der Waals surface area contributed by atoms with Crippen LogP contribution in [0.5, 0.6) is 0 Å². The molecule has 0 aliphatic carbocycles. The van der Waals surface area contributed by atoms with Crippen molar-refractivity contribution in [3.63, 3.8) is 0 Å². The van der Waals surface area contributed by atoms with Gasteiger partial charge in [0, 0.05) is 47.2 Å². The first-order valence-electron chi connectivity index (χ1n) is 22.1. The van der Waals surface area contributed by atoms with Gasteiger partial charge in [0.1, 0.15) is 25.0 Å². The summed E-state index contributed by atoms with van der Waals surface area (Å²) < 4.78 is 33.3. The molecule has 0 saturated carbocycles. The van der Waals surface area contributed by atoms with E-state index >= 15 is 0 Å². The minimum absolute atomic E-state index is 0.00648. The van der Waals surface area contributed by atoms with Crippen LogP contribution >= 0.6 is 0 Å². The van der Waals surface area contributed by atoms with Crippen LogP contribution in [-0.2, 0) is 62.0 Å². The van der Waals surface area contributed by atoms with E-state index in [9.17, 15) is 53.6 Å². The van der Waals surface area contributed by atoms with Crippen molar-refractivity contribution in [2.24, 2.45) is 0 Å². The van der Waals surface area contributed by atoms with E-state index < -0.39 is 121 Å². The van der Waals surface area contributed by atoms with Gasteiger partial charge >= 0.3 is 35.9 Å². The molecule has 1 aromatic carbocycles. The molecule has 0 radical (unpaired) electrons. The van der Waals surface area contributed by atoms with Crippen molar-refractivity contribution >= 4 is 65.1 Å². The van der Waals surface area contributed by atoms with Crippen molar-refractivity contribution in [1.82, 2.24) is 15.5 Å². The number of hydrogen-bond acceptors (Lipinski definition) is 17. The summed E-state index contributed by atoms with van der Waals surface area (Å²) in [5, 5.41) is 28.2. The molecule has 2 unspecified atom stereocenters. The van der Waals surface area contributed by atoms with Gasteiger partial charge in [-0.05, 0) is 18.6 Å². The van der Waals surface area contributed by atoms with Gasteiger partial charge in [-0.25, -0.2) is 9.59 Å². The minimum atomic E-state index is -2.84. The molecule has 3 aliphatic heterocycles. The molecule has 2 fully saturated rings. The highest BCUT2D eigenvalue weighted by Crippen LogP contribution is 2.40. The number of unbranched alkanes of at least 4 members (excludes halogenated alkanes) is 9. The Balaban J connectivity index is 1.62. The van der Waals surface area contributed by atoms with Gasteiger partial charge in [-0.2, -0.15) is 0 Å². The van der Waals surface area contributed by atoms with Gasteiger partial charge in [-0.1, -0.05) is 70.8 Å². The number of amides is 4. The second-order valence-electron chi connectivity index (χ2n) is 16.3. The van der Waals surface area contributed by atoms with Crippen molar-refractivity contribution in [3.8, 4) is 0 Å². The number of rotatable bonds is 25. The zero-order chi connectivity index (χ0) is 48.7. The first-order chi connectivity index (χ1) is 31.3. The Morgan fingerprint density at radius 2 is 1.55 bits per heavy atom. The van der Waals surface area contributed by atoms with Gasteiger partial charge in [-0.15, -0.1) is 0 Å². The lowest BCUT2D eigenvalue weighted by atomic mass is 9.88. The topological polar surface area (TPSA) is 286 Å². The monoisotopic (exact) mass is 931 g/mol. The molecule has 2 saturated heterocycles.